The van der Waals surface area contributed by atoms with Gasteiger partial charge < -0.3 is 4.74 Å². The average molecular weight is 287 g/mol. The molecule has 1 atom stereocenters. The molecule has 0 aromatic heterocycles. The van der Waals surface area contributed by atoms with Crippen LogP contribution in [0.25, 0.3) is 0 Å². The summed E-state index contributed by atoms with van der Waals surface area (Å²) in [6, 6.07) is 10.9. The van der Waals surface area contributed by atoms with Crippen molar-refractivity contribution in [3.8, 4) is 0 Å². The number of hydrogen-bond donors (Lipinski definition) is 0. The molecule has 2 heterocycles. The highest BCUT2D eigenvalue weighted by molar-refractivity contribution is 5.14. The number of ether oxygens (including phenoxy) is 1. The summed E-state index contributed by atoms with van der Waals surface area (Å²) in [5.41, 5.74) is 1.55. The van der Waals surface area contributed by atoms with E-state index in [2.05, 4.69) is 49.1 Å². The lowest BCUT2D eigenvalue weighted by Crippen LogP contribution is -2.41. The molecule has 0 radical (unpaired) electrons. The Balaban J connectivity index is 1.49. The molecule has 2 aliphatic rings. The van der Waals surface area contributed by atoms with E-state index in [9.17, 15) is 0 Å². The molecule has 0 spiro atoms. The first kappa shape index (κ1) is 15.1. The van der Waals surface area contributed by atoms with E-state index in [-0.39, 0.29) is 5.60 Å². The van der Waals surface area contributed by atoms with Gasteiger partial charge in [0.1, 0.15) is 0 Å². The van der Waals surface area contributed by atoms with Crippen molar-refractivity contribution in [1.29, 1.82) is 0 Å². The van der Waals surface area contributed by atoms with Crippen LogP contribution in [-0.2, 0) is 11.3 Å². The van der Waals surface area contributed by atoms with Gasteiger partial charge in [-0.25, -0.2) is 0 Å². The van der Waals surface area contributed by atoms with Crippen molar-refractivity contribution < 1.29 is 4.74 Å². The second-order valence-electron chi connectivity index (χ2n) is 7.46. The molecule has 0 bridgehead atoms. The Labute approximate surface area is 129 Å². The molecule has 0 aliphatic carbocycles. The molecule has 1 unspecified atom stereocenters. The zero-order valence-electron chi connectivity index (χ0n) is 13.6. The van der Waals surface area contributed by atoms with Gasteiger partial charge in [-0.2, -0.15) is 0 Å². The third-order valence-electron chi connectivity index (χ3n) is 5.28. The van der Waals surface area contributed by atoms with E-state index in [1.807, 2.05) is 0 Å². The summed E-state index contributed by atoms with van der Waals surface area (Å²) in [6.07, 6.45) is 5.25. The van der Waals surface area contributed by atoms with E-state index in [1.165, 1.54) is 44.3 Å². The van der Waals surface area contributed by atoms with Gasteiger partial charge in [0.25, 0.3) is 0 Å². The van der Waals surface area contributed by atoms with E-state index in [0.29, 0.717) is 0 Å². The quantitative estimate of drug-likeness (QED) is 0.829. The zero-order chi connectivity index (χ0) is 14.7. The van der Waals surface area contributed by atoms with Crippen molar-refractivity contribution in [2.24, 2.45) is 11.8 Å². The van der Waals surface area contributed by atoms with Crippen LogP contribution in [0.3, 0.4) is 0 Å². The molecule has 1 aromatic rings. The second kappa shape index (κ2) is 6.50. The van der Waals surface area contributed by atoms with Crippen LogP contribution < -0.4 is 0 Å². The average Bonchev–Trinajstić information content (AvgIpc) is 2.48. The monoisotopic (exact) mass is 287 g/mol. The maximum absolute atomic E-state index is 5.88. The lowest BCUT2D eigenvalue weighted by molar-refractivity contribution is -0.0869. The Hall–Kier alpha value is -0.860. The highest BCUT2D eigenvalue weighted by atomic mass is 16.5. The molecule has 2 fully saturated rings. The smallest absolute Gasteiger partial charge is 0.0629 e. The fourth-order valence-corrected chi connectivity index (χ4v) is 4.11. The van der Waals surface area contributed by atoms with Gasteiger partial charge >= 0.3 is 0 Å². The van der Waals surface area contributed by atoms with Crippen LogP contribution in [-0.4, -0.2) is 30.2 Å². The molecule has 21 heavy (non-hydrogen) atoms. The summed E-state index contributed by atoms with van der Waals surface area (Å²) in [5.74, 6) is 1.80. The normalized spacial score (nSPS) is 27.6. The number of likely N-dealkylation sites (tertiary alicyclic amines) is 1. The molecule has 0 saturated carbocycles. The van der Waals surface area contributed by atoms with Gasteiger partial charge in [0.05, 0.1) is 5.60 Å². The Kier molecular flexibility index (Phi) is 4.66. The van der Waals surface area contributed by atoms with Crippen LogP contribution in [0.4, 0.5) is 0 Å². The number of rotatable bonds is 3. The minimum atomic E-state index is 0.101. The zero-order valence-corrected chi connectivity index (χ0v) is 13.6. The summed E-state index contributed by atoms with van der Waals surface area (Å²) in [7, 11) is 0. The first-order valence-corrected chi connectivity index (χ1v) is 8.53. The Morgan fingerprint density at radius 3 is 2.43 bits per heavy atom. The van der Waals surface area contributed by atoms with Crippen LogP contribution in [0.15, 0.2) is 30.3 Å². The summed E-state index contributed by atoms with van der Waals surface area (Å²) in [6.45, 7) is 9.11. The van der Waals surface area contributed by atoms with E-state index in [1.54, 1.807) is 0 Å². The maximum Gasteiger partial charge on any atom is 0.0629 e. The Morgan fingerprint density at radius 2 is 1.76 bits per heavy atom. The van der Waals surface area contributed by atoms with E-state index < -0.39 is 0 Å². The SMILES string of the molecule is CC1(C)CC(C2CCN(Cc3ccccc3)CC2)CCO1. The Bertz CT molecular complexity index is 434. The topological polar surface area (TPSA) is 12.5 Å². The first-order valence-electron chi connectivity index (χ1n) is 8.53. The predicted octanol–water partition coefficient (Wildman–Crippen LogP) is 4.10. The molecule has 2 heteroatoms. The fourth-order valence-electron chi connectivity index (χ4n) is 4.11. The minimum absolute atomic E-state index is 0.101. The number of piperidine rings is 1. The van der Waals surface area contributed by atoms with E-state index in [4.69, 9.17) is 4.74 Å². The van der Waals surface area contributed by atoms with Gasteiger partial charge in [0.15, 0.2) is 0 Å². The van der Waals surface area contributed by atoms with Gasteiger partial charge in [-0.05, 0) is 70.0 Å². The minimum Gasteiger partial charge on any atom is -0.376 e. The van der Waals surface area contributed by atoms with Gasteiger partial charge in [0, 0.05) is 13.2 Å². The van der Waals surface area contributed by atoms with Gasteiger partial charge in [0.2, 0.25) is 0 Å². The van der Waals surface area contributed by atoms with Crippen molar-refractivity contribution in [1.82, 2.24) is 4.90 Å². The summed E-state index contributed by atoms with van der Waals surface area (Å²) < 4.78 is 5.88. The van der Waals surface area contributed by atoms with E-state index in [0.717, 1.165) is 25.0 Å². The van der Waals surface area contributed by atoms with Crippen LogP contribution in [0.2, 0.25) is 0 Å². The molecule has 116 valence electrons. The largest absolute Gasteiger partial charge is 0.376 e. The van der Waals surface area contributed by atoms with Crippen molar-refractivity contribution in [3.63, 3.8) is 0 Å². The molecule has 0 N–H and O–H groups in total. The van der Waals surface area contributed by atoms with Crippen molar-refractivity contribution in [3.05, 3.63) is 35.9 Å². The molecule has 0 amide bonds. The standard InChI is InChI=1S/C19H29NO/c1-19(2)14-18(10-13-21-19)17-8-11-20(12-9-17)15-16-6-4-3-5-7-16/h3-7,17-18H,8-15H2,1-2H3. The van der Waals surface area contributed by atoms with Gasteiger partial charge in [-0.1, -0.05) is 30.3 Å². The highest BCUT2D eigenvalue weighted by Crippen LogP contribution is 2.37. The fraction of sp³-hybridized carbons (Fsp3) is 0.684. The lowest BCUT2D eigenvalue weighted by atomic mass is 9.75. The van der Waals surface area contributed by atoms with Crippen LogP contribution in [0, 0.1) is 11.8 Å². The number of hydrogen-bond acceptors (Lipinski definition) is 2. The molecular formula is C19H29NO. The number of benzene rings is 1. The second-order valence-corrected chi connectivity index (χ2v) is 7.46. The number of nitrogens with zero attached hydrogens (tertiary/aromatic N) is 1. The Morgan fingerprint density at radius 1 is 1.05 bits per heavy atom. The van der Waals surface area contributed by atoms with Crippen molar-refractivity contribution in [2.45, 2.75) is 51.7 Å². The molecule has 2 saturated heterocycles. The predicted molar refractivity (Wildman–Crippen MR) is 87.2 cm³/mol. The van der Waals surface area contributed by atoms with Gasteiger partial charge in [-0.3, -0.25) is 4.90 Å². The molecule has 2 aliphatic heterocycles. The van der Waals surface area contributed by atoms with Crippen molar-refractivity contribution in [2.75, 3.05) is 19.7 Å². The molecule has 1 aromatic carbocycles. The molecular weight excluding hydrogens is 258 g/mol. The third kappa shape index (κ3) is 4.08. The van der Waals surface area contributed by atoms with Gasteiger partial charge in [-0.15, -0.1) is 0 Å². The maximum atomic E-state index is 5.88. The van der Waals surface area contributed by atoms with Crippen LogP contribution in [0.1, 0.15) is 45.1 Å². The van der Waals surface area contributed by atoms with E-state index >= 15 is 0 Å². The molecule has 3 rings (SSSR count). The summed E-state index contributed by atoms with van der Waals surface area (Å²) in [5, 5.41) is 0. The summed E-state index contributed by atoms with van der Waals surface area (Å²) in [4.78, 5) is 2.62. The van der Waals surface area contributed by atoms with Crippen LogP contribution in [0.5, 0.6) is 0 Å². The molecule has 2 nitrogen and oxygen atoms in total. The summed E-state index contributed by atoms with van der Waals surface area (Å²) >= 11 is 0. The van der Waals surface area contributed by atoms with Crippen LogP contribution >= 0.6 is 0 Å². The third-order valence-corrected chi connectivity index (χ3v) is 5.28. The highest BCUT2D eigenvalue weighted by Gasteiger charge is 2.34. The lowest BCUT2D eigenvalue weighted by Gasteiger charge is -2.42. The van der Waals surface area contributed by atoms with Crippen molar-refractivity contribution >= 4 is 0 Å². The first-order chi connectivity index (χ1) is 10.1.